The van der Waals surface area contributed by atoms with E-state index in [1.165, 1.54) is 158 Å². The normalized spacial score (nSPS) is 15.9. The van der Waals surface area contributed by atoms with E-state index in [0.29, 0.717) is 76.7 Å². The zero-order valence-electron chi connectivity index (χ0n) is 40.6. The molecule has 0 radical (unpaired) electrons. The fraction of sp³-hybridized carbons (Fsp3) is 0. The largest absolute Gasteiger partial charge is 0.508 e. The Morgan fingerprint density at radius 2 is 0.407 bits per heavy atom. The summed E-state index contributed by atoms with van der Waals surface area (Å²) in [5.41, 5.74) is 2.60. The molecule has 32 heteroatoms. The second-order valence-electron chi connectivity index (χ2n) is 15.8. The Kier molecular flexibility index (Phi) is 21.5. The highest BCUT2D eigenvalue weighted by molar-refractivity contribution is 8.26. The number of carbonyl (C=O) groups excluding carboxylic acids is 7. The van der Waals surface area contributed by atoms with Gasteiger partial charge in [0.15, 0.2) is 0 Å². The van der Waals surface area contributed by atoms with Gasteiger partial charge in [0, 0.05) is 38.9 Å². The topological polar surface area (TPSA) is 269 Å². The molecule has 1 N–H and O–H groups in total. The van der Waals surface area contributed by atoms with Gasteiger partial charge in [-0.15, -0.1) is 0 Å². The van der Waals surface area contributed by atoms with Crippen molar-refractivity contribution in [2.24, 2.45) is 27.1 Å². The molecular weight excluding hydrogens is 1300 g/mol. The van der Waals surface area contributed by atoms with Crippen LogP contribution in [0.4, 0.5) is 0 Å². The molecule has 0 amide bonds. The van der Waals surface area contributed by atoms with Crippen LogP contribution < -0.4 is 27.1 Å². The van der Waals surface area contributed by atoms with Crippen LogP contribution in [0.3, 0.4) is 0 Å². The van der Waals surface area contributed by atoms with Crippen molar-refractivity contribution in [1.82, 2.24) is 0 Å². The maximum Gasteiger partial charge on any atom is 0.460 e. The van der Waals surface area contributed by atoms with Crippen LogP contribution in [0.1, 0.15) is 72.5 Å². The van der Waals surface area contributed by atoms with Crippen LogP contribution in [0.15, 0.2) is 197 Å². The zero-order valence-corrected chi connectivity index (χ0v) is 50.5. The zero-order chi connectivity index (χ0) is 58.3. The lowest BCUT2D eigenvalue weighted by molar-refractivity contribution is 0.111. The molecule has 0 atom stereocenters. The Morgan fingerprint density at radius 1 is 0.259 bits per heavy atom. The molecule has 9 rings (SSSR count). The van der Waals surface area contributed by atoms with Crippen LogP contribution in [0, 0.1) is 0 Å². The van der Waals surface area contributed by atoms with Crippen LogP contribution in [0.25, 0.3) is 0 Å². The molecule has 2 aliphatic heterocycles. The Morgan fingerprint density at radius 3 is 0.556 bits per heavy atom. The summed E-state index contributed by atoms with van der Waals surface area (Å²) in [5.74, 6) is -7.79. The fourth-order valence-electron chi connectivity index (χ4n) is 6.22. The van der Waals surface area contributed by atoms with E-state index >= 15 is 0 Å². The minimum absolute atomic E-state index is 0.125. The number of phenols is 1. The average molecular weight is 1330 g/mol. The molecule has 0 aromatic heterocycles. The van der Waals surface area contributed by atoms with E-state index in [2.05, 4.69) is 13.5 Å². The molecule has 0 fully saturated rings. The van der Waals surface area contributed by atoms with Gasteiger partial charge in [0.05, 0.1) is 0 Å². The highest BCUT2D eigenvalue weighted by Crippen LogP contribution is 2.88. The first kappa shape index (κ1) is 62.5. The van der Waals surface area contributed by atoms with Crippen molar-refractivity contribution in [1.29, 1.82) is 0 Å². The van der Waals surface area contributed by atoms with E-state index in [4.69, 9.17) is 113 Å². The molecule has 0 bridgehead atoms. The Hall–Kier alpha value is -6.05. The standard InChI is InChI=1S/C42H30N3O12P3.C7H6O2.Cl6N3P3/c46-25-31-1-13-37(14-2-31)52-58(53-38-15-3-32(26-47)4-16-38)43-59(54-39-17-5-33(27-48)6-18-39,55-40-19-7-34(28-49)8-20-40)45-60(44-58,56-41-21-9-35(29-50)10-22-41)57-42-23-11-36(30-51)12-24-42;8-5-6-1-3-7(9)4-2-6;1-10(2)7-11(3,4)9-12(5,6)8-10/h1-30H;1-5,9H;. The van der Waals surface area contributed by atoms with Crippen molar-refractivity contribution < 1.29 is 65.8 Å². The maximum absolute atomic E-state index is 11.6. The van der Waals surface area contributed by atoms with E-state index in [1.54, 1.807) is 12.1 Å². The number of rotatable bonds is 19. The first-order valence-corrected chi connectivity index (χ1v) is 37.5. The molecule has 2 heterocycles. The smallest absolute Gasteiger partial charge is 0.460 e. The predicted octanol–water partition coefficient (Wildman–Crippen LogP) is 19.7. The van der Waals surface area contributed by atoms with Crippen LogP contribution in [0.2, 0.25) is 0 Å². The summed E-state index contributed by atoms with van der Waals surface area (Å²) < 4.78 is 66.1. The van der Waals surface area contributed by atoms with Crippen LogP contribution in [-0.4, -0.2) is 49.1 Å². The van der Waals surface area contributed by atoms with Crippen molar-refractivity contribution in [2.45, 2.75) is 0 Å². The van der Waals surface area contributed by atoms with Gasteiger partial charge in [-0.25, -0.2) is 0 Å². The molecule has 2 aliphatic rings. The monoisotopic (exact) mass is 1330 g/mol. The second-order valence-corrected chi connectivity index (χ2v) is 36.9. The molecule has 81 heavy (non-hydrogen) atoms. The highest BCUT2D eigenvalue weighted by Gasteiger charge is 2.49. The molecule has 418 valence electrons. The van der Waals surface area contributed by atoms with Gasteiger partial charge in [-0.1, -0.05) is 13.5 Å². The summed E-state index contributed by atoms with van der Waals surface area (Å²) in [6.07, 6.45) is 4.66. The molecule has 7 aromatic carbocycles. The SMILES string of the molecule is ClP1(Cl)=NP(Cl)(Cl)=NP(Cl)(Cl)=N1.O=Cc1ccc(O)cc1.O=Cc1ccc(OP2(Oc3ccc(C=O)cc3)=NP(Oc3ccc(C=O)cc3)(Oc3ccc(C=O)cc3)=NP(Oc3ccc(C=O)cc3)(Oc3ccc(C=O)cc3)=N2)cc1. The number of aldehydes is 7. The molecule has 7 aromatic rings. The average Bonchev–Trinajstić information content (AvgIpc) is 3.54. The minimum atomic E-state index is -4.38. The fourth-order valence-corrected chi connectivity index (χ4v) is 34.1. The summed E-state index contributed by atoms with van der Waals surface area (Å²) in [4.78, 5) is 79.8. The van der Waals surface area contributed by atoms with Crippen molar-refractivity contribution in [3.05, 3.63) is 209 Å². The van der Waals surface area contributed by atoms with Gasteiger partial charge < -0.3 is 32.2 Å². The first-order chi connectivity index (χ1) is 38.6. The van der Waals surface area contributed by atoms with Gasteiger partial charge in [-0.05, 0) is 237 Å². The van der Waals surface area contributed by atoms with Crippen LogP contribution in [-0.2, 0) is 0 Å². The second kappa shape index (κ2) is 27.8. The van der Waals surface area contributed by atoms with Gasteiger partial charge in [-0.3, -0.25) is 33.6 Å². The minimum Gasteiger partial charge on any atom is -0.508 e. The number of hydrogen-bond donors (Lipinski definition) is 1. The van der Waals surface area contributed by atoms with Gasteiger partial charge in [0.2, 0.25) is 0 Å². The van der Waals surface area contributed by atoms with E-state index < -0.39 is 40.7 Å². The number of aromatic hydroxyl groups is 1. The van der Waals surface area contributed by atoms with Crippen molar-refractivity contribution in [2.75, 3.05) is 0 Å². The highest BCUT2D eigenvalue weighted by atomic mass is 35.9. The van der Waals surface area contributed by atoms with Gasteiger partial charge >= 0.3 is 23.0 Å². The molecule has 0 unspecified atom stereocenters. The van der Waals surface area contributed by atoms with E-state index in [-0.39, 0.29) is 40.2 Å². The number of halogens is 6. The van der Waals surface area contributed by atoms with Crippen molar-refractivity contribution in [3.63, 3.8) is 0 Å². The van der Waals surface area contributed by atoms with E-state index in [1.807, 2.05) is 0 Å². The number of nitrogens with zero attached hydrogens (tertiary/aromatic N) is 6. The third kappa shape index (κ3) is 18.5. The van der Waals surface area contributed by atoms with Crippen molar-refractivity contribution in [3.8, 4) is 40.2 Å². The maximum atomic E-state index is 11.6. The van der Waals surface area contributed by atoms with E-state index in [0.717, 1.165) is 6.29 Å². The first-order valence-electron chi connectivity index (χ1n) is 22.4. The number of phenolic OH excluding ortho intramolecular Hbond substituents is 1. The molecule has 20 nitrogen and oxygen atoms in total. The van der Waals surface area contributed by atoms with Crippen LogP contribution in [0.5, 0.6) is 40.2 Å². The number of carbonyl (C=O) groups is 7. The lowest BCUT2D eigenvalue weighted by Crippen LogP contribution is -2.11. The quantitative estimate of drug-likeness (QED) is 0.0583. The molecule has 0 saturated heterocycles. The summed E-state index contributed by atoms with van der Waals surface area (Å²) in [7, 11) is -13.1. The molecule has 0 saturated carbocycles. The third-order valence-corrected chi connectivity index (χ3v) is 30.4. The third-order valence-electron chi connectivity index (χ3n) is 9.80. The molecule has 0 spiro atoms. The molecular formula is C49H36Cl6N6O14P6. The Bertz CT molecular complexity index is 3270. The lowest BCUT2D eigenvalue weighted by Gasteiger charge is -2.33. The number of hydrogen-bond acceptors (Lipinski definition) is 20. The van der Waals surface area contributed by atoms with Gasteiger partial charge in [0.25, 0.3) is 17.7 Å². The van der Waals surface area contributed by atoms with Crippen LogP contribution >= 0.6 is 108 Å². The van der Waals surface area contributed by atoms with E-state index in [9.17, 15) is 33.6 Å². The summed E-state index contributed by atoms with van der Waals surface area (Å²) in [5, 5.41) is 8.74. The Balaban J connectivity index is 0.000000374. The van der Waals surface area contributed by atoms with Gasteiger partial charge in [-0.2, -0.15) is 13.5 Å². The summed E-state index contributed by atoms with van der Waals surface area (Å²) in [6.45, 7) is 0. The summed E-state index contributed by atoms with van der Waals surface area (Å²) in [6, 6.07) is 42.1. The Labute approximate surface area is 490 Å². The number of benzene rings is 7. The van der Waals surface area contributed by atoms with Gasteiger partial charge in [0.1, 0.15) is 84.2 Å². The lowest BCUT2D eigenvalue weighted by atomic mass is 10.2. The van der Waals surface area contributed by atoms with Crippen molar-refractivity contribution >= 4 is 152 Å². The summed E-state index contributed by atoms with van der Waals surface area (Å²) >= 11 is 33.9. The predicted molar refractivity (Wildman–Crippen MR) is 319 cm³/mol. The molecule has 0 aliphatic carbocycles.